The molecule has 1 aliphatic rings. The molecule has 4 nitrogen and oxygen atoms in total. The molecule has 4 heteroatoms. The molecular formula is C12H18N2O2. The predicted octanol–water partition coefficient (Wildman–Crippen LogP) is 1.93. The summed E-state index contributed by atoms with van der Waals surface area (Å²) in [6, 6.07) is 3.87. The molecule has 0 radical (unpaired) electrons. The first-order valence-electron chi connectivity index (χ1n) is 5.62. The van der Waals surface area contributed by atoms with E-state index < -0.39 is 0 Å². The molecular weight excluding hydrogens is 204 g/mol. The van der Waals surface area contributed by atoms with E-state index >= 15 is 0 Å². The number of nitrogens with one attached hydrogen (secondary N) is 1. The van der Waals surface area contributed by atoms with E-state index in [0.717, 1.165) is 25.4 Å². The number of hydrogen-bond acceptors (Lipinski definition) is 4. The van der Waals surface area contributed by atoms with Crippen LogP contribution in [0.25, 0.3) is 0 Å². The van der Waals surface area contributed by atoms with Gasteiger partial charge >= 0.3 is 0 Å². The Morgan fingerprint density at radius 2 is 2.31 bits per heavy atom. The number of aromatic nitrogens is 1. The summed E-state index contributed by atoms with van der Waals surface area (Å²) >= 11 is 0. The molecule has 2 rings (SSSR count). The SMILES string of the molecule is CCOc1ccc(NCC2(C)COC2)cn1. The molecule has 1 aromatic rings. The summed E-state index contributed by atoms with van der Waals surface area (Å²) in [6.45, 7) is 7.41. The Hall–Kier alpha value is -1.29. The predicted molar refractivity (Wildman–Crippen MR) is 62.8 cm³/mol. The average molecular weight is 222 g/mol. The zero-order valence-electron chi connectivity index (χ0n) is 9.82. The quantitative estimate of drug-likeness (QED) is 0.826. The normalized spacial score (nSPS) is 17.6. The third-order valence-electron chi connectivity index (χ3n) is 2.65. The molecule has 1 saturated heterocycles. The molecule has 0 amide bonds. The van der Waals surface area contributed by atoms with Gasteiger partial charge in [-0.1, -0.05) is 6.92 Å². The summed E-state index contributed by atoms with van der Waals surface area (Å²) in [5.41, 5.74) is 1.30. The van der Waals surface area contributed by atoms with E-state index in [1.807, 2.05) is 19.1 Å². The lowest BCUT2D eigenvalue weighted by Crippen LogP contribution is -2.45. The van der Waals surface area contributed by atoms with E-state index in [9.17, 15) is 0 Å². The van der Waals surface area contributed by atoms with E-state index in [4.69, 9.17) is 9.47 Å². The first kappa shape index (κ1) is 11.2. The maximum Gasteiger partial charge on any atom is 0.213 e. The number of anilines is 1. The van der Waals surface area contributed by atoms with Crippen molar-refractivity contribution in [1.29, 1.82) is 0 Å². The Morgan fingerprint density at radius 1 is 1.50 bits per heavy atom. The fourth-order valence-electron chi connectivity index (χ4n) is 1.59. The van der Waals surface area contributed by atoms with E-state index in [0.29, 0.717) is 12.5 Å². The van der Waals surface area contributed by atoms with Crippen molar-refractivity contribution in [2.75, 3.05) is 31.7 Å². The van der Waals surface area contributed by atoms with Crippen molar-refractivity contribution < 1.29 is 9.47 Å². The van der Waals surface area contributed by atoms with Crippen molar-refractivity contribution >= 4 is 5.69 Å². The average Bonchev–Trinajstić information content (AvgIpc) is 2.26. The van der Waals surface area contributed by atoms with Crippen molar-refractivity contribution in [3.8, 4) is 5.88 Å². The monoisotopic (exact) mass is 222 g/mol. The van der Waals surface area contributed by atoms with Crippen LogP contribution in [0.1, 0.15) is 13.8 Å². The van der Waals surface area contributed by atoms with Crippen LogP contribution in [0, 0.1) is 5.41 Å². The Bertz CT molecular complexity index is 333. The molecule has 88 valence electrons. The highest BCUT2D eigenvalue weighted by atomic mass is 16.5. The van der Waals surface area contributed by atoms with Gasteiger partial charge < -0.3 is 14.8 Å². The molecule has 1 aromatic heterocycles. The lowest BCUT2D eigenvalue weighted by atomic mass is 9.89. The lowest BCUT2D eigenvalue weighted by molar-refractivity contribution is -0.0924. The number of hydrogen-bond donors (Lipinski definition) is 1. The van der Waals surface area contributed by atoms with E-state index in [2.05, 4.69) is 17.2 Å². The van der Waals surface area contributed by atoms with Crippen molar-refractivity contribution in [1.82, 2.24) is 4.98 Å². The number of rotatable bonds is 5. The van der Waals surface area contributed by atoms with Crippen LogP contribution < -0.4 is 10.1 Å². The molecule has 0 atom stereocenters. The van der Waals surface area contributed by atoms with Gasteiger partial charge in [-0.25, -0.2) is 4.98 Å². The van der Waals surface area contributed by atoms with Gasteiger partial charge in [-0.05, 0) is 13.0 Å². The number of pyridine rings is 1. The number of nitrogens with zero attached hydrogens (tertiary/aromatic N) is 1. The highest BCUT2D eigenvalue weighted by Gasteiger charge is 2.32. The summed E-state index contributed by atoms with van der Waals surface area (Å²) in [5.74, 6) is 0.672. The van der Waals surface area contributed by atoms with Crippen LogP contribution in [0.5, 0.6) is 5.88 Å². The molecule has 1 aliphatic heterocycles. The summed E-state index contributed by atoms with van der Waals surface area (Å²) < 4.78 is 10.5. The highest BCUT2D eigenvalue weighted by Crippen LogP contribution is 2.26. The number of ether oxygens (including phenoxy) is 2. The third kappa shape index (κ3) is 2.64. The van der Waals surface area contributed by atoms with Crippen LogP contribution in [0.2, 0.25) is 0 Å². The van der Waals surface area contributed by atoms with Crippen LogP contribution in [0.4, 0.5) is 5.69 Å². The summed E-state index contributed by atoms with van der Waals surface area (Å²) in [7, 11) is 0. The van der Waals surface area contributed by atoms with E-state index in [-0.39, 0.29) is 5.41 Å². The minimum Gasteiger partial charge on any atom is -0.478 e. The van der Waals surface area contributed by atoms with Gasteiger partial charge in [-0.2, -0.15) is 0 Å². The first-order chi connectivity index (χ1) is 7.72. The lowest BCUT2D eigenvalue weighted by Gasteiger charge is -2.38. The Kier molecular flexibility index (Phi) is 3.29. The second-order valence-corrected chi connectivity index (χ2v) is 4.48. The minimum atomic E-state index is 0.276. The second kappa shape index (κ2) is 4.70. The molecule has 0 bridgehead atoms. The highest BCUT2D eigenvalue weighted by molar-refractivity contribution is 5.42. The molecule has 0 saturated carbocycles. The van der Waals surface area contributed by atoms with Crippen LogP contribution in [0.15, 0.2) is 18.3 Å². The smallest absolute Gasteiger partial charge is 0.213 e. The van der Waals surface area contributed by atoms with Gasteiger partial charge in [0.05, 0.1) is 31.7 Å². The van der Waals surface area contributed by atoms with E-state index in [1.165, 1.54) is 0 Å². The standard InChI is InChI=1S/C12H18N2O2/c1-3-16-11-5-4-10(6-13-11)14-7-12(2)8-15-9-12/h4-6,14H,3,7-9H2,1-2H3. The van der Waals surface area contributed by atoms with Crippen LogP contribution in [-0.4, -0.2) is 31.3 Å². The zero-order chi connectivity index (χ0) is 11.4. The second-order valence-electron chi connectivity index (χ2n) is 4.48. The zero-order valence-corrected chi connectivity index (χ0v) is 9.82. The van der Waals surface area contributed by atoms with Gasteiger partial charge in [-0.15, -0.1) is 0 Å². The third-order valence-corrected chi connectivity index (χ3v) is 2.65. The topological polar surface area (TPSA) is 43.4 Å². The summed E-state index contributed by atoms with van der Waals surface area (Å²) in [5, 5.41) is 3.36. The van der Waals surface area contributed by atoms with Gasteiger partial charge in [-0.3, -0.25) is 0 Å². The molecule has 1 N–H and O–H groups in total. The maximum atomic E-state index is 5.28. The summed E-state index contributed by atoms with van der Waals surface area (Å²) in [4.78, 5) is 4.20. The summed E-state index contributed by atoms with van der Waals surface area (Å²) in [6.07, 6.45) is 1.80. The van der Waals surface area contributed by atoms with Crippen molar-refractivity contribution in [2.24, 2.45) is 5.41 Å². The Balaban J connectivity index is 1.85. The van der Waals surface area contributed by atoms with Gasteiger partial charge in [0, 0.05) is 18.0 Å². The van der Waals surface area contributed by atoms with Gasteiger partial charge in [0.15, 0.2) is 0 Å². The molecule has 0 spiro atoms. The molecule has 1 fully saturated rings. The molecule has 0 unspecified atom stereocenters. The van der Waals surface area contributed by atoms with Crippen LogP contribution in [0.3, 0.4) is 0 Å². The van der Waals surface area contributed by atoms with Crippen LogP contribution >= 0.6 is 0 Å². The van der Waals surface area contributed by atoms with Crippen molar-refractivity contribution in [3.05, 3.63) is 18.3 Å². The van der Waals surface area contributed by atoms with Gasteiger partial charge in [0.2, 0.25) is 5.88 Å². The maximum absolute atomic E-state index is 5.28. The molecule has 16 heavy (non-hydrogen) atoms. The molecule has 0 aromatic carbocycles. The van der Waals surface area contributed by atoms with Gasteiger partial charge in [0.1, 0.15) is 0 Å². The fraction of sp³-hybridized carbons (Fsp3) is 0.583. The van der Waals surface area contributed by atoms with E-state index in [1.54, 1.807) is 6.20 Å². The van der Waals surface area contributed by atoms with Crippen molar-refractivity contribution in [3.63, 3.8) is 0 Å². The first-order valence-corrected chi connectivity index (χ1v) is 5.62. The van der Waals surface area contributed by atoms with Crippen LogP contribution in [-0.2, 0) is 4.74 Å². The Morgan fingerprint density at radius 3 is 2.81 bits per heavy atom. The Labute approximate surface area is 96.0 Å². The molecule has 2 heterocycles. The fourth-order valence-corrected chi connectivity index (χ4v) is 1.59. The largest absolute Gasteiger partial charge is 0.478 e. The minimum absolute atomic E-state index is 0.276. The van der Waals surface area contributed by atoms with Gasteiger partial charge in [0.25, 0.3) is 0 Å². The molecule has 0 aliphatic carbocycles. The van der Waals surface area contributed by atoms with Crippen molar-refractivity contribution in [2.45, 2.75) is 13.8 Å².